The minimum absolute atomic E-state index is 0.152. The van der Waals surface area contributed by atoms with E-state index in [1.807, 2.05) is 19.1 Å². The van der Waals surface area contributed by atoms with Crippen LogP contribution in [0.1, 0.15) is 19.9 Å². The Morgan fingerprint density at radius 2 is 2.00 bits per heavy atom. The molecule has 8 nitrogen and oxygen atoms in total. The second kappa shape index (κ2) is 8.99. The lowest BCUT2D eigenvalue weighted by molar-refractivity contribution is -0.115. The van der Waals surface area contributed by atoms with Crippen LogP contribution in [0.3, 0.4) is 0 Å². The summed E-state index contributed by atoms with van der Waals surface area (Å²) in [6.07, 6.45) is 0. The number of hydrogen-bond acceptors (Lipinski definition) is 7. The van der Waals surface area contributed by atoms with E-state index >= 15 is 0 Å². The van der Waals surface area contributed by atoms with Gasteiger partial charge in [-0.05, 0) is 38.1 Å². The number of methoxy groups -OCH3 is 1. The summed E-state index contributed by atoms with van der Waals surface area (Å²) in [5.74, 6) is 1.03. The molecule has 2 atom stereocenters. The van der Waals surface area contributed by atoms with Crippen LogP contribution in [0.15, 0.2) is 52.4 Å². The van der Waals surface area contributed by atoms with Crippen LogP contribution in [0.4, 0.5) is 5.69 Å². The molecular weight excluding hydrogens is 418 g/mol. The lowest BCUT2D eigenvalue weighted by atomic mass is 10.2. The van der Waals surface area contributed by atoms with Crippen LogP contribution in [0, 0.1) is 0 Å². The van der Waals surface area contributed by atoms with Gasteiger partial charge in [0.2, 0.25) is 12.7 Å². The molecule has 0 aliphatic carbocycles. The number of thioether (sulfide) groups is 1. The van der Waals surface area contributed by atoms with Gasteiger partial charge < -0.3 is 19.5 Å². The Bertz CT molecular complexity index is 1180. The highest BCUT2D eigenvalue weighted by Gasteiger charge is 2.22. The van der Waals surface area contributed by atoms with Gasteiger partial charge in [0.1, 0.15) is 0 Å². The Hall–Kier alpha value is -3.04. The first-order valence-electron chi connectivity index (χ1n) is 9.85. The van der Waals surface area contributed by atoms with Crippen LogP contribution in [0.2, 0.25) is 0 Å². The normalized spacial score (nSPS) is 14.4. The predicted octanol–water partition coefficient (Wildman–Crippen LogP) is 3.45. The number of nitrogens with one attached hydrogen (secondary N) is 1. The largest absolute Gasteiger partial charge is 0.454 e. The molecule has 162 valence electrons. The topological polar surface area (TPSA) is 91.7 Å². The van der Waals surface area contributed by atoms with Crippen molar-refractivity contribution in [3.8, 4) is 11.5 Å². The fourth-order valence-corrected chi connectivity index (χ4v) is 4.35. The summed E-state index contributed by atoms with van der Waals surface area (Å²) >= 11 is 1.23. The van der Waals surface area contributed by atoms with E-state index in [9.17, 15) is 9.59 Å². The van der Waals surface area contributed by atoms with Gasteiger partial charge in [-0.2, -0.15) is 0 Å². The van der Waals surface area contributed by atoms with E-state index in [0.717, 1.165) is 0 Å². The monoisotopic (exact) mass is 441 g/mol. The molecule has 1 N–H and O–H groups in total. The second-order valence-corrected chi connectivity index (χ2v) is 8.52. The number of carbonyl (C=O) groups is 1. The molecule has 1 amide bonds. The summed E-state index contributed by atoms with van der Waals surface area (Å²) in [5.41, 5.74) is 1.05. The van der Waals surface area contributed by atoms with Crippen LogP contribution < -0.4 is 20.3 Å². The van der Waals surface area contributed by atoms with Crippen LogP contribution in [-0.2, 0) is 9.53 Å². The molecular formula is C22H23N3O5S. The molecule has 0 fully saturated rings. The lowest BCUT2D eigenvalue weighted by Gasteiger charge is -2.20. The summed E-state index contributed by atoms with van der Waals surface area (Å²) in [7, 11) is 1.59. The SMILES string of the molecule is COC[C@@H](C)n1c(S[C@H](C)C(=O)Nc2ccc3c(c2)OCO3)nc2ccccc2c1=O. The zero-order valence-electron chi connectivity index (χ0n) is 17.5. The Labute approximate surface area is 183 Å². The number of nitrogens with zero attached hydrogens (tertiary/aromatic N) is 2. The quantitative estimate of drug-likeness (QED) is 0.443. The van der Waals surface area contributed by atoms with E-state index in [1.54, 1.807) is 48.9 Å². The summed E-state index contributed by atoms with van der Waals surface area (Å²) in [4.78, 5) is 30.6. The minimum Gasteiger partial charge on any atom is -0.454 e. The molecule has 4 rings (SSSR count). The molecule has 0 radical (unpaired) electrons. The molecule has 1 aliphatic rings. The number of para-hydroxylation sites is 1. The van der Waals surface area contributed by atoms with Gasteiger partial charge in [-0.3, -0.25) is 14.2 Å². The first kappa shape index (κ1) is 21.2. The summed E-state index contributed by atoms with van der Waals surface area (Å²) < 4.78 is 17.5. The highest BCUT2D eigenvalue weighted by Crippen LogP contribution is 2.34. The minimum atomic E-state index is -0.500. The third-order valence-corrected chi connectivity index (χ3v) is 5.98. The Morgan fingerprint density at radius 3 is 2.81 bits per heavy atom. The van der Waals surface area contributed by atoms with Crippen molar-refractivity contribution >= 4 is 34.3 Å². The number of amides is 1. The zero-order chi connectivity index (χ0) is 22.0. The maximum Gasteiger partial charge on any atom is 0.262 e. The summed E-state index contributed by atoms with van der Waals surface area (Å²) in [5, 5.41) is 3.39. The van der Waals surface area contributed by atoms with Crippen LogP contribution in [0.25, 0.3) is 10.9 Å². The fourth-order valence-electron chi connectivity index (χ4n) is 3.34. The molecule has 0 saturated heterocycles. The molecule has 1 aromatic heterocycles. The van der Waals surface area contributed by atoms with Gasteiger partial charge in [0.05, 0.1) is 28.8 Å². The van der Waals surface area contributed by atoms with E-state index in [0.29, 0.717) is 39.9 Å². The first-order valence-corrected chi connectivity index (χ1v) is 10.7. The maximum absolute atomic E-state index is 13.1. The van der Waals surface area contributed by atoms with Gasteiger partial charge in [0.25, 0.3) is 5.56 Å². The van der Waals surface area contributed by atoms with Gasteiger partial charge in [-0.25, -0.2) is 4.98 Å². The van der Waals surface area contributed by atoms with Gasteiger partial charge in [0.15, 0.2) is 16.7 Å². The highest BCUT2D eigenvalue weighted by atomic mass is 32.2. The van der Waals surface area contributed by atoms with Crippen LogP contribution in [-0.4, -0.2) is 41.2 Å². The molecule has 0 saturated carbocycles. The van der Waals surface area contributed by atoms with Crippen molar-refractivity contribution in [1.29, 1.82) is 0 Å². The second-order valence-electron chi connectivity index (χ2n) is 7.21. The highest BCUT2D eigenvalue weighted by molar-refractivity contribution is 8.00. The molecule has 0 unspecified atom stereocenters. The Balaban J connectivity index is 1.59. The van der Waals surface area contributed by atoms with E-state index in [1.165, 1.54) is 11.8 Å². The summed E-state index contributed by atoms with van der Waals surface area (Å²) in [6, 6.07) is 12.2. The molecule has 0 spiro atoms. The number of rotatable bonds is 7. The number of carbonyl (C=O) groups excluding carboxylic acids is 1. The number of hydrogen-bond donors (Lipinski definition) is 1. The molecule has 0 bridgehead atoms. The predicted molar refractivity (Wildman–Crippen MR) is 119 cm³/mol. The number of aromatic nitrogens is 2. The van der Waals surface area contributed by atoms with E-state index in [4.69, 9.17) is 14.2 Å². The van der Waals surface area contributed by atoms with Crippen molar-refractivity contribution in [3.05, 3.63) is 52.8 Å². The van der Waals surface area contributed by atoms with Crippen molar-refractivity contribution in [3.63, 3.8) is 0 Å². The average molecular weight is 442 g/mol. The Morgan fingerprint density at radius 1 is 1.23 bits per heavy atom. The van der Waals surface area contributed by atoms with Gasteiger partial charge in [0, 0.05) is 18.9 Å². The zero-order valence-corrected chi connectivity index (χ0v) is 18.3. The first-order chi connectivity index (χ1) is 15.0. The lowest BCUT2D eigenvalue weighted by Crippen LogP contribution is -2.30. The van der Waals surface area contributed by atoms with Crippen LogP contribution in [0.5, 0.6) is 11.5 Å². The number of ether oxygens (including phenoxy) is 3. The molecule has 1 aliphatic heterocycles. The third-order valence-electron chi connectivity index (χ3n) is 4.92. The van der Waals surface area contributed by atoms with E-state index in [-0.39, 0.29) is 24.3 Å². The van der Waals surface area contributed by atoms with Crippen molar-refractivity contribution in [1.82, 2.24) is 9.55 Å². The molecule has 3 aromatic rings. The number of anilines is 1. The van der Waals surface area contributed by atoms with E-state index in [2.05, 4.69) is 10.3 Å². The molecule has 31 heavy (non-hydrogen) atoms. The smallest absolute Gasteiger partial charge is 0.262 e. The molecule has 2 heterocycles. The number of benzene rings is 2. The molecule has 9 heteroatoms. The third kappa shape index (κ3) is 4.38. The Kier molecular flexibility index (Phi) is 6.15. The van der Waals surface area contributed by atoms with Gasteiger partial charge >= 0.3 is 0 Å². The van der Waals surface area contributed by atoms with Crippen molar-refractivity contribution < 1.29 is 19.0 Å². The van der Waals surface area contributed by atoms with E-state index < -0.39 is 5.25 Å². The van der Waals surface area contributed by atoms with Gasteiger partial charge in [-0.15, -0.1) is 0 Å². The van der Waals surface area contributed by atoms with Crippen molar-refractivity contribution in [2.75, 3.05) is 25.8 Å². The fraction of sp³-hybridized carbons (Fsp3) is 0.318. The number of fused-ring (bicyclic) bond motifs is 2. The van der Waals surface area contributed by atoms with Crippen molar-refractivity contribution in [2.24, 2.45) is 0 Å². The van der Waals surface area contributed by atoms with Crippen LogP contribution >= 0.6 is 11.8 Å². The van der Waals surface area contributed by atoms with Crippen molar-refractivity contribution in [2.45, 2.75) is 30.3 Å². The summed E-state index contributed by atoms with van der Waals surface area (Å²) in [6.45, 7) is 4.19. The maximum atomic E-state index is 13.1. The average Bonchev–Trinajstić information content (AvgIpc) is 3.22. The van der Waals surface area contributed by atoms with Gasteiger partial charge in [-0.1, -0.05) is 23.9 Å². The standard InChI is InChI=1S/C22H23N3O5S/c1-13(11-28-3)25-21(27)16-6-4-5-7-17(16)24-22(25)31-14(2)20(26)23-15-8-9-18-19(10-15)30-12-29-18/h4-10,13-14H,11-12H2,1-3H3,(H,23,26)/t13-,14-/m1/s1. The molecule has 2 aromatic carbocycles.